The van der Waals surface area contributed by atoms with Crippen molar-refractivity contribution in [2.75, 3.05) is 20.2 Å². The number of methoxy groups -OCH3 is 1. The summed E-state index contributed by atoms with van der Waals surface area (Å²) < 4.78 is 5.38. The lowest BCUT2D eigenvalue weighted by Gasteiger charge is -2.36. The Balaban J connectivity index is 2.10. The number of nitrogens with zero attached hydrogens (tertiary/aromatic N) is 1. The quantitative estimate of drug-likeness (QED) is 0.868. The predicted molar refractivity (Wildman–Crippen MR) is 87.6 cm³/mol. The van der Waals surface area contributed by atoms with Crippen LogP contribution in [0.5, 0.6) is 5.75 Å². The Morgan fingerprint density at radius 2 is 1.74 bits per heavy atom. The third kappa shape index (κ3) is 2.83. The summed E-state index contributed by atoms with van der Waals surface area (Å²) in [6.07, 6.45) is 1.14. The molecule has 2 aliphatic heterocycles. The van der Waals surface area contributed by atoms with Gasteiger partial charge in [-0.2, -0.15) is 0 Å². The van der Waals surface area contributed by atoms with Crippen molar-refractivity contribution < 1.29 is 14.3 Å². The highest BCUT2D eigenvalue weighted by Crippen LogP contribution is 2.35. The van der Waals surface area contributed by atoms with Gasteiger partial charge < -0.3 is 9.64 Å². The van der Waals surface area contributed by atoms with Crippen molar-refractivity contribution in [1.82, 2.24) is 10.2 Å². The van der Waals surface area contributed by atoms with Crippen LogP contribution in [-0.4, -0.2) is 36.9 Å². The molecule has 5 nitrogen and oxygen atoms in total. The van der Waals surface area contributed by atoms with Crippen molar-refractivity contribution in [2.45, 2.75) is 20.3 Å². The Hall–Kier alpha value is -2.30. The first-order chi connectivity index (χ1) is 11.0. The van der Waals surface area contributed by atoms with Crippen LogP contribution in [0.25, 0.3) is 5.57 Å². The molecule has 2 amide bonds. The zero-order valence-corrected chi connectivity index (χ0v) is 13.8. The predicted octanol–water partition coefficient (Wildman–Crippen LogP) is 2.04. The number of nitrogens with one attached hydrogen (secondary N) is 1. The zero-order valence-electron chi connectivity index (χ0n) is 13.8. The Morgan fingerprint density at radius 1 is 1.09 bits per heavy atom. The lowest BCUT2D eigenvalue weighted by molar-refractivity contribution is -0.124. The third-order valence-electron chi connectivity index (χ3n) is 4.47. The van der Waals surface area contributed by atoms with Crippen LogP contribution in [0.4, 0.5) is 0 Å². The number of hydrogen-bond acceptors (Lipinski definition) is 4. The van der Waals surface area contributed by atoms with E-state index in [1.165, 1.54) is 0 Å². The Labute approximate surface area is 136 Å². The van der Waals surface area contributed by atoms with Crippen LogP contribution < -0.4 is 10.1 Å². The first-order valence-electron chi connectivity index (χ1n) is 7.99. The first-order valence-corrected chi connectivity index (χ1v) is 7.99. The van der Waals surface area contributed by atoms with Crippen molar-refractivity contribution >= 4 is 17.4 Å². The molecule has 2 unspecified atom stereocenters. The summed E-state index contributed by atoms with van der Waals surface area (Å²) >= 11 is 0. The number of carbonyl (C=O) groups excluding carboxylic acids is 2. The van der Waals surface area contributed by atoms with Gasteiger partial charge >= 0.3 is 0 Å². The largest absolute Gasteiger partial charge is 0.496 e. The Morgan fingerprint density at radius 3 is 2.39 bits per heavy atom. The number of amides is 2. The van der Waals surface area contributed by atoms with Crippen molar-refractivity contribution in [3.63, 3.8) is 0 Å². The van der Waals surface area contributed by atoms with E-state index in [9.17, 15) is 9.59 Å². The number of ether oxygens (including phenoxy) is 1. The van der Waals surface area contributed by atoms with Crippen molar-refractivity contribution in [3.05, 3.63) is 35.5 Å². The van der Waals surface area contributed by atoms with Crippen molar-refractivity contribution in [2.24, 2.45) is 11.8 Å². The van der Waals surface area contributed by atoms with E-state index in [0.717, 1.165) is 19.5 Å². The summed E-state index contributed by atoms with van der Waals surface area (Å²) in [5.41, 5.74) is 1.57. The lowest BCUT2D eigenvalue weighted by Crippen LogP contribution is -2.40. The lowest BCUT2D eigenvalue weighted by atomic mass is 9.91. The highest BCUT2D eigenvalue weighted by Gasteiger charge is 2.38. The zero-order chi connectivity index (χ0) is 16.6. The van der Waals surface area contributed by atoms with Gasteiger partial charge in [-0.3, -0.25) is 14.9 Å². The second-order valence-electron chi connectivity index (χ2n) is 6.56. The van der Waals surface area contributed by atoms with Gasteiger partial charge in [0.05, 0.1) is 12.7 Å². The van der Waals surface area contributed by atoms with Crippen LogP contribution in [0.15, 0.2) is 30.0 Å². The molecule has 122 valence electrons. The van der Waals surface area contributed by atoms with E-state index >= 15 is 0 Å². The van der Waals surface area contributed by atoms with E-state index in [4.69, 9.17) is 4.74 Å². The fourth-order valence-corrected chi connectivity index (χ4v) is 3.69. The summed E-state index contributed by atoms with van der Waals surface area (Å²) in [7, 11) is 1.57. The number of hydrogen-bond donors (Lipinski definition) is 1. The number of benzene rings is 1. The monoisotopic (exact) mass is 314 g/mol. The fraction of sp³-hybridized carbons (Fsp3) is 0.444. The van der Waals surface area contributed by atoms with Gasteiger partial charge in [0.25, 0.3) is 11.8 Å². The molecule has 0 spiro atoms. The van der Waals surface area contributed by atoms with E-state index < -0.39 is 0 Å². The third-order valence-corrected chi connectivity index (χ3v) is 4.47. The normalized spacial score (nSPS) is 24.9. The molecule has 1 saturated heterocycles. The van der Waals surface area contributed by atoms with E-state index in [0.29, 0.717) is 34.4 Å². The SMILES string of the molecule is COc1ccccc1C1=C(N2CC(C)CC(C)C2)C(=O)NC1=O. The van der Waals surface area contributed by atoms with Gasteiger partial charge in [-0.25, -0.2) is 0 Å². The van der Waals surface area contributed by atoms with Gasteiger partial charge in [-0.1, -0.05) is 32.0 Å². The van der Waals surface area contributed by atoms with Crippen LogP contribution in [0, 0.1) is 11.8 Å². The molecule has 1 aromatic rings. The van der Waals surface area contributed by atoms with E-state index in [1.807, 2.05) is 18.2 Å². The fourth-order valence-electron chi connectivity index (χ4n) is 3.69. The number of likely N-dealkylation sites (tertiary alicyclic amines) is 1. The van der Waals surface area contributed by atoms with Crippen molar-refractivity contribution in [1.29, 1.82) is 0 Å². The topological polar surface area (TPSA) is 58.6 Å². The molecule has 3 rings (SSSR count). The maximum Gasteiger partial charge on any atom is 0.275 e. The minimum Gasteiger partial charge on any atom is -0.496 e. The van der Waals surface area contributed by atoms with E-state index in [-0.39, 0.29) is 11.8 Å². The van der Waals surface area contributed by atoms with Gasteiger partial charge in [-0.15, -0.1) is 0 Å². The molecule has 0 saturated carbocycles. The molecule has 5 heteroatoms. The summed E-state index contributed by atoms with van der Waals surface area (Å²) in [4.78, 5) is 26.9. The maximum absolute atomic E-state index is 12.4. The van der Waals surface area contributed by atoms with Crippen LogP contribution in [-0.2, 0) is 9.59 Å². The summed E-state index contributed by atoms with van der Waals surface area (Å²) in [5, 5.41) is 2.44. The number of imide groups is 1. The highest BCUT2D eigenvalue weighted by atomic mass is 16.5. The van der Waals surface area contributed by atoms with Gasteiger partial charge in [0, 0.05) is 18.7 Å². The molecule has 23 heavy (non-hydrogen) atoms. The molecule has 0 bridgehead atoms. The molecule has 1 aromatic carbocycles. The van der Waals surface area contributed by atoms with Gasteiger partial charge in [-0.05, 0) is 24.3 Å². The molecular weight excluding hydrogens is 292 g/mol. The molecular formula is C18H22N2O3. The average molecular weight is 314 g/mol. The molecule has 1 fully saturated rings. The molecule has 2 heterocycles. The summed E-state index contributed by atoms with van der Waals surface area (Å²) in [6, 6.07) is 7.32. The van der Waals surface area contributed by atoms with Crippen LogP contribution in [0.1, 0.15) is 25.8 Å². The Bertz CT molecular complexity index is 671. The highest BCUT2D eigenvalue weighted by molar-refractivity contribution is 6.36. The summed E-state index contributed by atoms with van der Waals surface area (Å²) in [5.74, 6) is 0.933. The van der Waals surface area contributed by atoms with Crippen LogP contribution >= 0.6 is 0 Å². The van der Waals surface area contributed by atoms with E-state index in [2.05, 4.69) is 24.1 Å². The molecule has 2 atom stereocenters. The van der Waals surface area contributed by atoms with Crippen LogP contribution in [0.3, 0.4) is 0 Å². The van der Waals surface area contributed by atoms with Gasteiger partial charge in [0.1, 0.15) is 11.4 Å². The Kier molecular flexibility index (Phi) is 4.11. The average Bonchev–Trinajstić information content (AvgIpc) is 2.80. The second-order valence-corrected chi connectivity index (χ2v) is 6.56. The number of carbonyl (C=O) groups is 2. The van der Waals surface area contributed by atoms with E-state index in [1.54, 1.807) is 13.2 Å². The van der Waals surface area contributed by atoms with Gasteiger partial charge in [0.15, 0.2) is 0 Å². The number of rotatable bonds is 3. The minimum atomic E-state index is -0.347. The smallest absolute Gasteiger partial charge is 0.275 e. The van der Waals surface area contributed by atoms with Gasteiger partial charge in [0.2, 0.25) is 0 Å². The maximum atomic E-state index is 12.4. The molecule has 0 aromatic heterocycles. The van der Waals surface area contributed by atoms with Crippen molar-refractivity contribution in [3.8, 4) is 5.75 Å². The second kappa shape index (κ2) is 6.07. The number of piperidine rings is 1. The minimum absolute atomic E-state index is 0.308. The molecule has 0 aliphatic carbocycles. The standard InChI is InChI=1S/C18H22N2O3/c1-11-8-12(2)10-20(9-11)16-15(17(21)19-18(16)22)13-6-4-5-7-14(13)23-3/h4-7,11-12H,8-10H2,1-3H3,(H,19,21,22). The molecule has 0 radical (unpaired) electrons. The first kappa shape index (κ1) is 15.6. The van der Waals surface area contributed by atoms with Crippen LogP contribution in [0.2, 0.25) is 0 Å². The molecule has 1 N–H and O–H groups in total. The molecule has 2 aliphatic rings. The summed E-state index contributed by atoms with van der Waals surface area (Å²) in [6.45, 7) is 5.94. The number of para-hydroxylation sites is 1.